The van der Waals surface area contributed by atoms with Crippen LogP contribution < -0.4 is 0 Å². The van der Waals surface area contributed by atoms with Crippen LogP contribution in [0.4, 0.5) is 22.0 Å². The summed E-state index contributed by atoms with van der Waals surface area (Å²) in [5.74, 6) is -7.02. The van der Waals surface area contributed by atoms with E-state index in [0.717, 1.165) is 21.8 Å². The molecule has 2 heterocycles. The van der Waals surface area contributed by atoms with Crippen molar-refractivity contribution in [2.45, 2.75) is 6.18 Å². The van der Waals surface area contributed by atoms with Gasteiger partial charge in [-0.3, -0.25) is 14.8 Å². The molecule has 0 saturated carbocycles. The van der Waals surface area contributed by atoms with Crippen molar-refractivity contribution < 1.29 is 81.2 Å². The summed E-state index contributed by atoms with van der Waals surface area (Å²) in [6, 6.07) is 29.6. The number of fused-ring (bicyclic) bond motifs is 3. The minimum atomic E-state index is -5.29. The number of phenolic OH excluding ortho intramolecular Hbond substituents is 1. The van der Waals surface area contributed by atoms with Crippen molar-refractivity contribution in [1.29, 1.82) is 0 Å². The zero-order valence-corrected chi connectivity index (χ0v) is 23.8. The van der Waals surface area contributed by atoms with Crippen LogP contribution in [-0.2, 0) is 0 Å². The Morgan fingerprint density at radius 2 is 1.12 bits per heavy atom. The summed E-state index contributed by atoms with van der Waals surface area (Å²) < 4.78 is 60.7. The van der Waals surface area contributed by atoms with Gasteiger partial charge in [-0.15, -0.1) is 0 Å². The third-order valence-electron chi connectivity index (χ3n) is 6.32. The Morgan fingerprint density at radius 1 is 0.667 bits per heavy atom. The van der Waals surface area contributed by atoms with E-state index in [1.165, 1.54) is 22.3 Å². The molecule has 2 aromatic heterocycles. The molecular weight excluding hydrogens is 691 g/mol. The summed E-state index contributed by atoms with van der Waals surface area (Å²) in [5, 5.41) is 11.1. The number of nitrogens with zero attached hydrogens (tertiary/aromatic N) is 2. The minimum Gasteiger partial charge on any atom is -0.504 e. The van der Waals surface area contributed by atoms with E-state index in [1.807, 2.05) is 24.5 Å². The van der Waals surface area contributed by atoms with Gasteiger partial charge in [0.05, 0.1) is 16.6 Å². The van der Waals surface area contributed by atoms with Crippen LogP contribution in [0.3, 0.4) is 0 Å². The van der Waals surface area contributed by atoms with E-state index in [2.05, 4.69) is 82.8 Å². The summed E-state index contributed by atoms with van der Waals surface area (Å²) >= 11 is 0. The van der Waals surface area contributed by atoms with Crippen LogP contribution in [0.15, 0.2) is 109 Å². The van der Waals surface area contributed by atoms with Crippen molar-refractivity contribution in [2.75, 3.05) is 0 Å². The molecule has 0 aliphatic rings. The summed E-state index contributed by atoms with van der Waals surface area (Å²) in [5.41, 5.74) is 5.20. The molecule has 0 unspecified atom stereocenters. The quantitative estimate of drug-likeness (QED) is 0.114. The van der Waals surface area contributed by atoms with Crippen LogP contribution >= 0.6 is 0 Å². The predicted molar refractivity (Wildman–Crippen MR) is 146 cm³/mol. The summed E-state index contributed by atoms with van der Waals surface area (Å²) in [4.78, 5) is 19.9. The van der Waals surface area contributed by atoms with Crippen molar-refractivity contribution in [3.8, 4) is 28.0 Å². The average molecular weight is 710 g/mol. The van der Waals surface area contributed by atoms with Crippen LogP contribution in [0.5, 0.6) is 5.75 Å². The van der Waals surface area contributed by atoms with Crippen LogP contribution in [0.2, 0.25) is 0 Å². The fraction of sp³-hybridized carbons (Fsp3) is 0.0312. The molecule has 0 atom stereocenters. The number of aromatic nitrogens is 2. The molecule has 0 aliphatic carbocycles. The molecule has 1 radical (unpaired) electrons. The van der Waals surface area contributed by atoms with Crippen molar-refractivity contribution in [1.82, 2.24) is 9.97 Å². The van der Waals surface area contributed by atoms with Crippen LogP contribution in [-0.4, -0.2) is 27.0 Å². The van der Waals surface area contributed by atoms with Gasteiger partial charge in [-0.1, -0.05) is 72.8 Å². The van der Waals surface area contributed by atoms with E-state index in [-0.39, 0.29) is 61.5 Å². The Labute approximate surface area is 277 Å². The number of ketones is 1. The maximum atomic E-state index is 12.6. The second kappa shape index (κ2) is 13.1. The van der Waals surface area contributed by atoms with Crippen LogP contribution in [0.25, 0.3) is 44.1 Å². The number of rotatable bonds is 3. The molecule has 0 spiro atoms. The molecule has 1 N–H and O–H groups in total. The Hall–Kier alpha value is -3.60. The summed E-state index contributed by atoms with van der Waals surface area (Å²) in [6.45, 7) is 0. The second-order valence-corrected chi connectivity index (χ2v) is 8.92. The molecule has 4 nitrogen and oxygen atoms in total. The Bertz CT molecular complexity index is 1780. The monoisotopic (exact) mass is 711 g/mol. The number of hydrogen-bond acceptors (Lipinski definition) is 4. The Balaban J connectivity index is 0.000000219. The molecule has 211 valence electrons. The molecule has 10 heteroatoms. The van der Waals surface area contributed by atoms with Gasteiger partial charge in [0, 0.05) is 78.6 Å². The Morgan fingerprint density at radius 3 is 1.55 bits per heavy atom. The molecular formula is C32H19EuF5N2O2. The third kappa shape index (κ3) is 6.56. The predicted octanol–water partition coefficient (Wildman–Crippen LogP) is 8.53. The first-order valence-corrected chi connectivity index (χ1v) is 12.2. The van der Waals surface area contributed by atoms with Gasteiger partial charge < -0.3 is 5.11 Å². The van der Waals surface area contributed by atoms with Gasteiger partial charge in [-0.05, 0) is 40.5 Å². The molecule has 6 rings (SSSR count). The zero-order chi connectivity index (χ0) is 29.1. The maximum absolute atomic E-state index is 12.6. The van der Waals surface area contributed by atoms with Gasteiger partial charge in [0.25, 0.3) is 5.78 Å². The zero-order valence-electron chi connectivity index (χ0n) is 21.4. The van der Waals surface area contributed by atoms with Gasteiger partial charge in [0.15, 0.2) is 11.6 Å². The molecule has 0 amide bonds. The third-order valence-corrected chi connectivity index (χ3v) is 6.32. The SMILES string of the molecule is O=C(c1cc(F)cc(F)c1O)C(F)(F)F.[Eu].c1ccc(-c2ccnc3c2ccc2c(-c4ccccc4)ccnc23)cc1. The number of halogens is 5. The van der Waals surface area contributed by atoms with Gasteiger partial charge >= 0.3 is 6.18 Å². The topological polar surface area (TPSA) is 63.1 Å². The van der Waals surface area contributed by atoms with Crippen LogP contribution in [0, 0.1) is 61.0 Å². The van der Waals surface area contributed by atoms with Gasteiger partial charge in [-0.25, -0.2) is 8.78 Å². The maximum Gasteiger partial charge on any atom is 0.455 e. The van der Waals surface area contributed by atoms with E-state index >= 15 is 0 Å². The van der Waals surface area contributed by atoms with Crippen molar-refractivity contribution in [3.05, 3.63) is 127 Å². The minimum absolute atomic E-state index is 0. The fourth-order valence-corrected chi connectivity index (χ4v) is 4.46. The number of carbonyl (C=O) groups is 1. The standard InChI is InChI=1S/C24H16N2.C8H3F5O2.Eu/c1-3-7-17(8-4-1)19-13-15-25-23-21(19)11-12-22-20(14-16-26-24(22)23)18-9-5-2-6-10-18;9-3-1-4(6(14)5(10)2-3)7(15)8(11,12)13;/h1-16H;1-2,14H;. The van der Waals surface area contributed by atoms with E-state index < -0.39 is 34.9 Å². The number of benzene rings is 4. The number of Topliss-reactive ketones (excluding diaryl/α,β-unsaturated/α-hetero) is 1. The van der Waals surface area contributed by atoms with E-state index in [9.17, 15) is 26.7 Å². The number of hydrogen-bond donors (Lipinski definition) is 1. The second-order valence-electron chi connectivity index (χ2n) is 8.92. The van der Waals surface area contributed by atoms with Gasteiger partial charge in [-0.2, -0.15) is 13.2 Å². The van der Waals surface area contributed by atoms with E-state index in [1.54, 1.807) is 0 Å². The molecule has 0 fully saturated rings. The number of alkyl halides is 3. The molecule has 0 bridgehead atoms. The Kier molecular flexibility index (Phi) is 9.81. The number of pyridine rings is 2. The first-order chi connectivity index (χ1) is 19.6. The summed E-state index contributed by atoms with van der Waals surface area (Å²) in [6.07, 6.45) is -1.54. The van der Waals surface area contributed by atoms with Crippen molar-refractivity contribution >= 4 is 27.6 Å². The fourth-order valence-electron chi connectivity index (χ4n) is 4.46. The first kappa shape index (κ1) is 31.3. The van der Waals surface area contributed by atoms with Crippen molar-refractivity contribution in [2.24, 2.45) is 0 Å². The molecule has 0 aliphatic heterocycles. The number of carbonyl (C=O) groups excluding carboxylic acids is 1. The van der Waals surface area contributed by atoms with Gasteiger partial charge in [0.1, 0.15) is 5.82 Å². The molecule has 6 aromatic rings. The smallest absolute Gasteiger partial charge is 0.455 e. The largest absolute Gasteiger partial charge is 0.504 e. The van der Waals surface area contributed by atoms with Crippen LogP contribution in [0.1, 0.15) is 10.4 Å². The van der Waals surface area contributed by atoms with Gasteiger partial charge in [0.2, 0.25) is 0 Å². The van der Waals surface area contributed by atoms with E-state index in [0.29, 0.717) is 0 Å². The average Bonchev–Trinajstić information content (AvgIpc) is 2.98. The van der Waals surface area contributed by atoms with E-state index in [4.69, 9.17) is 5.11 Å². The molecule has 0 saturated heterocycles. The first-order valence-electron chi connectivity index (χ1n) is 12.2. The number of aromatic hydroxyl groups is 1. The molecule has 4 aromatic carbocycles. The normalized spacial score (nSPS) is 11.0. The summed E-state index contributed by atoms with van der Waals surface area (Å²) in [7, 11) is 0. The molecule has 42 heavy (non-hydrogen) atoms. The number of phenols is 1. The van der Waals surface area contributed by atoms with Crippen molar-refractivity contribution in [3.63, 3.8) is 0 Å².